The van der Waals surface area contributed by atoms with Crippen LogP contribution in [0.4, 0.5) is 5.13 Å². The van der Waals surface area contributed by atoms with E-state index in [9.17, 15) is 8.42 Å². The molecule has 0 unspecified atom stereocenters. The minimum atomic E-state index is -3.53. The summed E-state index contributed by atoms with van der Waals surface area (Å²) in [6, 6.07) is 10.9. The van der Waals surface area contributed by atoms with E-state index in [-0.39, 0.29) is 9.92 Å². The highest BCUT2D eigenvalue weighted by Gasteiger charge is 2.33. The number of aryl methyl sites for hydroxylation is 2. The molecule has 0 amide bonds. The van der Waals surface area contributed by atoms with Crippen LogP contribution in [0.3, 0.4) is 0 Å². The normalized spacial score (nSPS) is 15.4. The number of hydrogen-bond acceptors (Lipinski definition) is 5. The summed E-state index contributed by atoms with van der Waals surface area (Å²) in [6.45, 7) is 5.57. The smallest absolute Gasteiger partial charge is 0.185 e. The molecule has 0 aliphatic carbocycles. The van der Waals surface area contributed by atoms with Crippen LogP contribution in [0, 0.1) is 13.8 Å². The highest BCUT2D eigenvalue weighted by molar-refractivity contribution is 7.92. The van der Waals surface area contributed by atoms with E-state index in [1.165, 1.54) is 22.8 Å². The fourth-order valence-electron chi connectivity index (χ4n) is 4.06. The van der Waals surface area contributed by atoms with Gasteiger partial charge in [0.15, 0.2) is 15.0 Å². The number of sulfone groups is 1. The third kappa shape index (κ3) is 4.77. The summed E-state index contributed by atoms with van der Waals surface area (Å²) in [7, 11) is -3.53. The van der Waals surface area contributed by atoms with Crippen LogP contribution in [0.2, 0.25) is 10.0 Å². The molecule has 0 radical (unpaired) electrons. The van der Waals surface area contributed by atoms with Crippen LogP contribution < -0.4 is 4.90 Å². The molecule has 2 heterocycles. The monoisotopic (exact) mass is 494 g/mol. The van der Waals surface area contributed by atoms with Crippen molar-refractivity contribution < 1.29 is 8.42 Å². The van der Waals surface area contributed by atoms with Crippen molar-refractivity contribution in [3.63, 3.8) is 0 Å². The molecule has 2 aromatic carbocycles. The Hall–Kier alpha value is -1.60. The first-order chi connectivity index (χ1) is 14.8. The van der Waals surface area contributed by atoms with Crippen LogP contribution in [-0.4, -0.2) is 31.7 Å². The van der Waals surface area contributed by atoms with E-state index in [2.05, 4.69) is 42.3 Å². The van der Waals surface area contributed by atoms with Gasteiger partial charge in [-0.3, -0.25) is 0 Å². The maximum absolute atomic E-state index is 13.1. The molecule has 1 aliphatic heterocycles. The van der Waals surface area contributed by atoms with E-state index in [1.54, 1.807) is 23.5 Å². The van der Waals surface area contributed by atoms with Crippen molar-refractivity contribution in [2.24, 2.45) is 0 Å². The quantitative estimate of drug-likeness (QED) is 0.429. The highest BCUT2D eigenvalue weighted by Crippen LogP contribution is 2.33. The first-order valence-electron chi connectivity index (χ1n) is 10.2. The van der Waals surface area contributed by atoms with E-state index < -0.39 is 15.1 Å². The number of thiazole rings is 1. The number of hydrogen-bond donors (Lipinski definition) is 0. The second kappa shape index (κ2) is 9.10. The Labute approximate surface area is 197 Å². The fourth-order valence-corrected chi connectivity index (χ4v) is 7.44. The molecule has 0 saturated carbocycles. The van der Waals surface area contributed by atoms with Crippen molar-refractivity contribution in [3.05, 3.63) is 74.2 Å². The van der Waals surface area contributed by atoms with Crippen molar-refractivity contribution in [2.45, 2.75) is 43.3 Å². The molecule has 0 bridgehead atoms. The number of halogens is 2. The molecule has 0 N–H and O–H groups in total. The molecular formula is C23H24Cl2N2O2S2. The summed E-state index contributed by atoms with van der Waals surface area (Å²) in [5, 5.41) is 3.20. The predicted octanol–water partition coefficient (Wildman–Crippen LogP) is 6.10. The summed E-state index contributed by atoms with van der Waals surface area (Å²) in [6.07, 6.45) is 1.89. The van der Waals surface area contributed by atoms with Gasteiger partial charge in [0.05, 0.1) is 20.9 Å². The van der Waals surface area contributed by atoms with Gasteiger partial charge in [0.1, 0.15) is 0 Å². The average molecular weight is 495 g/mol. The lowest BCUT2D eigenvalue weighted by Crippen LogP contribution is -2.39. The molecule has 31 heavy (non-hydrogen) atoms. The second-order valence-corrected chi connectivity index (χ2v) is 11.9. The van der Waals surface area contributed by atoms with Crippen LogP contribution in [0.15, 0.2) is 46.7 Å². The minimum absolute atomic E-state index is 0.130. The van der Waals surface area contributed by atoms with E-state index in [1.807, 2.05) is 0 Å². The molecule has 4 rings (SSSR count). The second-order valence-electron chi connectivity index (χ2n) is 7.97. The SMILES string of the molecule is Cc1cccc(C)c1Cc1csc(N2CCC(S(=O)(=O)c3cc(Cl)ccc3Cl)CC2)n1. The molecule has 0 spiro atoms. The Morgan fingerprint density at radius 3 is 2.45 bits per heavy atom. The number of benzene rings is 2. The van der Waals surface area contributed by atoms with Gasteiger partial charge < -0.3 is 4.90 Å². The van der Waals surface area contributed by atoms with Gasteiger partial charge >= 0.3 is 0 Å². The van der Waals surface area contributed by atoms with Crippen LogP contribution in [0.5, 0.6) is 0 Å². The van der Waals surface area contributed by atoms with Crippen molar-refractivity contribution in [1.82, 2.24) is 4.98 Å². The van der Waals surface area contributed by atoms with E-state index in [4.69, 9.17) is 28.2 Å². The van der Waals surface area contributed by atoms with Gasteiger partial charge in [-0.15, -0.1) is 11.3 Å². The zero-order valence-corrected chi connectivity index (χ0v) is 20.6. The largest absolute Gasteiger partial charge is 0.348 e. The van der Waals surface area contributed by atoms with Gasteiger partial charge in [-0.2, -0.15) is 0 Å². The summed E-state index contributed by atoms with van der Waals surface area (Å²) >= 11 is 13.8. The third-order valence-corrected chi connectivity index (χ3v) is 9.82. The Morgan fingerprint density at radius 2 is 1.77 bits per heavy atom. The summed E-state index contributed by atoms with van der Waals surface area (Å²) in [4.78, 5) is 7.15. The number of nitrogens with zero attached hydrogens (tertiary/aromatic N) is 2. The Morgan fingerprint density at radius 1 is 1.10 bits per heavy atom. The molecular weight excluding hydrogens is 471 g/mol. The predicted molar refractivity (Wildman–Crippen MR) is 130 cm³/mol. The number of aromatic nitrogens is 1. The highest BCUT2D eigenvalue weighted by atomic mass is 35.5. The van der Waals surface area contributed by atoms with Gasteiger partial charge in [-0.25, -0.2) is 13.4 Å². The van der Waals surface area contributed by atoms with Gasteiger partial charge in [-0.1, -0.05) is 41.4 Å². The summed E-state index contributed by atoms with van der Waals surface area (Å²) in [5.41, 5.74) is 4.93. The van der Waals surface area contributed by atoms with Crippen molar-refractivity contribution in [3.8, 4) is 0 Å². The Kier molecular flexibility index (Phi) is 6.63. The van der Waals surface area contributed by atoms with E-state index in [0.717, 1.165) is 17.2 Å². The average Bonchev–Trinajstić information content (AvgIpc) is 3.21. The zero-order chi connectivity index (χ0) is 22.2. The number of piperidine rings is 1. The lowest BCUT2D eigenvalue weighted by atomic mass is 9.99. The molecule has 8 heteroatoms. The molecule has 1 aromatic heterocycles. The van der Waals surface area contributed by atoms with Gasteiger partial charge in [-0.05, 0) is 61.6 Å². The van der Waals surface area contributed by atoms with Crippen molar-refractivity contribution >= 4 is 49.5 Å². The van der Waals surface area contributed by atoms with Crippen LogP contribution >= 0.6 is 34.5 Å². The minimum Gasteiger partial charge on any atom is -0.348 e. The molecule has 4 nitrogen and oxygen atoms in total. The van der Waals surface area contributed by atoms with Crippen LogP contribution in [-0.2, 0) is 16.3 Å². The zero-order valence-electron chi connectivity index (χ0n) is 17.4. The summed E-state index contributed by atoms with van der Waals surface area (Å²) in [5.74, 6) is 0. The first-order valence-corrected chi connectivity index (χ1v) is 13.4. The standard InChI is InChI=1S/C23H24Cl2N2O2S2/c1-15-4-3-5-16(2)20(15)13-18-14-30-23(26-18)27-10-8-19(9-11-27)31(28,29)22-12-17(24)6-7-21(22)25/h3-7,12,14,19H,8-11,13H2,1-2H3. The molecule has 164 valence electrons. The van der Waals surface area contributed by atoms with Crippen LogP contribution in [0.1, 0.15) is 35.2 Å². The summed E-state index contributed by atoms with van der Waals surface area (Å²) < 4.78 is 26.2. The van der Waals surface area contributed by atoms with Crippen molar-refractivity contribution in [1.29, 1.82) is 0 Å². The number of rotatable bonds is 5. The maximum Gasteiger partial charge on any atom is 0.185 e. The maximum atomic E-state index is 13.1. The van der Waals surface area contributed by atoms with Gasteiger partial charge in [0.2, 0.25) is 0 Å². The lowest BCUT2D eigenvalue weighted by molar-refractivity contribution is 0.529. The molecule has 1 aliphatic rings. The first kappa shape index (κ1) is 22.6. The van der Waals surface area contributed by atoms with Crippen LogP contribution in [0.25, 0.3) is 0 Å². The van der Waals surface area contributed by atoms with Gasteiger partial charge in [0.25, 0.3) is 0 Å². The molecule has 0 atom stereocenters. The van der Waals surface area contributed by atoms with Gasteiger partial charge in [0, 0.05) is 29.9 Å². The van der Waals surface area contributed by atoms with E-state index >= 15 is 0 Å². The number of anilines is 1. The molecule has 1 fully saturated rings. The van der Waals surface area contributed by atoms with E-state index in [0.29, 0.717) is 31.0 Å². The molecule has 1 saturated heterocycles. The fraction of sp³-hybridized carbons (Fsp3) is 0.348. The topological polar surface area (TPSA) is 50.3 Å². The lowest BCUT2D eigenvalue weighted by Gasteiger charge is -2.31. The third-order valence-electron chi connectivity index (χ3n) is 5.89. The van der Waals surface area contributed by atoms with Crippen molar-refractivity contribution in [2.75, 3.05) is 18.0 Å². The Balaban J connectivity index is 1.44. The molecule has 3 aromatic rings. The Bertz CT molecular complexity index is 1180.